The molecule has 3 aromatic carbocycles. The number of nitrogens with one attached hydrogen (secondary N) is 1. The van der Waals surface area contributed by atoms with E-state index < -0.39 is 0 Å². The summed E-state index contributed by atoms with van der Waals surface area (Å²) in [6.45, 7) is 4.22. The van der Waals surface area contributed by atoms with Crippen molar-refractivity contribution in [1.29, 1.82) is 0 Å². The van der Waals surface area contributed by atoms with Gasteiger partial charge in [0.05, 0.1) is 24.0 Å². The number of rotatable bonds is 4. The molecule has 0 spiro atoms. The highest BCUT2D eigenvalue weighted by Gasteiger charge is 2.14. The van der Waals surface area contributed by atoms with E-state index in [1.807, 2.05) is 36.5 Å². The third kappa shape index (κ3) is 3.24. The highest BCUT2D eigenvalue weighted by Crippen LogP contribution is 2.34. The molecule has 134 valence electrons. The number of aromatic amines is 1. The van der Waals surface area contributed by atoms with Crippen LogP contribution in [-0.2, 0) is 0 Å². The molecule has 4 aromatic rings. The van der Waals surface area contributed by atoms with Gasteiger partial charge in [-0.2, -0.15) is 0 Å². The van der Waals surface area contributed by atoms with Gasteiger partial charge in [0.1, 0.15) is 5.75 Å². The number of methoxy groups -OCH3 is 1. The molecule has 1 heterocycles. The lowest BCUT2D eigenvalue weighted by Gasteiger charge is -2.02. The summed E-state index contributed by atoms with van der Waals surface area (Å²) < 4.78 is 5.55. The highest BCUT2D eigenvalue weighted by atomic mass is 16.5. The lowest BCUT2D eigenvalue weighted by atomic mass is 10.1. The lowest BCUT2D eigenvalue weighted by molar-refractivity contribution is 0.419. The van der Waals surface area contributed by atoms with E-state index >= 15 is 0 Å². The average Bonchev–Trinajstić information content (AvgIpc) is 3.08. The third-order valence-electron chi connectivity index (χ3n) is 4.95. The standard InChI is InChI=1S/C24H22N2O/c1-16-12-13-19(14-17(16)2)25-15-21-20-10-7-11-22(27-3)24(20)26-23(21)18-8-5-4-6-9-18/h4-15,26H,1-3H3. The van der Waals surface area contributed by atoms with Crippen molar-refractivity contribution < 1.29 is 4.74 Å². The number of benzene rings is 3. The molecule has 0 saturated carbocycles. The summed E-state index contributed by atoms with van der Waals surface area (Å²) in [5.74, 6) is 0.829. The zero-order valence-electron chi connectivity index (χ0n) is 15.8. The Morgan fingerprint density at radius 2 is 1.70 bits per heavy atom. The molecule has 0 saturated heterocycles. The minimum atomic E-state index is 0.829. The van der Waals surface area contributed by atoms with Crippen LogP contribution >= 0.6 is 0 Å². The van der Waals surface area contributed by atoms with Crippen molar-refractivity contribution in [3.8, 4) is 17.0 Å². The predicted octanol–water partition coefficient (Wildman–Crippen LogP) is 6.21. The summed E-state index contributed by atoms with van der Waals surface area (Å²) in [4.78, 5) is 8.30. The van der Waals surface area contributed by atoms with Gasteiger partial charge in [-0.15, -0.1) is 0 Å². The first-order valence-electron chi connectivity index (χ1n) is 9.03. The van der Waals surface area contributed by atoms with E-state index in [0.29, 0.717) is 0 Å². The number of H-pyrrole nitrogens is 1. The van der Waals surface area contributed by atoms with Crippen molar-refractivity contribution in [2.24, 2.45) is 4.99 Å². The molecule has 0 amide bonds. The van der Waals surface area contributed by atoms with Gasteiger partial charge < -0.3 is 9.72 Å². The molecular formula is C24H22N2O. The van der Waals surface area contributed by atoms with Gasteiger partial charge in [-0.1, -0.05) is 48.5 Å². The minimum Gasteiger partial charge on any atom is -0.495 e. The predicted molar refractivity (Wildman–Crippen MR) is 113 cm³/mol. The molecule has 0 unspecified atom stereocenters. The van der Waals surface area contributed by atoms with Crippen LogP contribution < -0.4 is 4.74 Å². The van der Waals surface area contributed by atoms with Crippen LogP contribution in [0, 0.1) is 13.8 Å². The molecule has 0 aliphatic heterocycles. The van der Waals surface area contributed by atoms with Crippen molar-refractivity contribution in [1.82, 2.24) is 4.98 Å². The summed E-state index contributed by atoms with van der Waals surface area (Å²) in [5, 5.41) is 1.10. The Kier molecular flexibility index (Phi) is 4.51. The van der Waals surface area contributed by atoms with E-state index in [1.165, 1.54) is 11.1 Å². The zero-order chi connectivity index (χ0) is 18.8. The Balaban J connectivity index is 1.89. The van der Waals surface area contributed by atoms with Crippen LogP contribution in [0.1, 0.15) is 16.7 Å². The summed E-state index contributed by atoms with van der Waals surface area (Å²) >= 11 is 0. The smallest absolute Gasteiger partial charge is 0.142 e. The number of para-hydroxylation sites is 1. The normalized spacial score (nSPS) is 11.4. The van der Waals surface area contributed by atoms with E-state index in [0.717, 1.165) is 39.2 Å². The number of hydrogen-bond donors (Lipinski definition) is 1. The summed E-state index contributed by atoms with van der Waals surface area (Å²) in [7, 11) is 1.70. The average molecular weight is 354 g/mol. The van der Waals surface area contributed by atoms with Crippen LogP contribution in [0.25, 0.3) is 22.2 Å². The molecule has 0 radical (unpaired) electrons. The second-order valence-electron chi connectivity index (χ2n) is 6.69. The molecule has 0 atom stereocenters. The maximum atomic E-state index is 5.55. The monoisotopic (exact) mass is 354 g/mol. The first kappa shape index (κ1) is 17.1. The SMILES string of the molecule is COc1cccc2c(C=Nc3ccc(C)c(C)c3)c(-c3ccccc3)[nH]c12. The van der Waals surface area contributed by atoms with Gasteiger partial charge in [0.15, 0.2) is 0 Å². The molecular weight excluding hydrogens is 332 g/mol. The fourth-order valence-electron chi connectivity index (χ4n) is 3.29. The minimum absolute atomic E-state index is 0.829. The lowest BCUT2D eigenvalue weighted by Crippen LogP contribution is -1.86. The van der Waals surface area contributed by atoms with Crippen LogP contribution in [0.4, 0.5) is 5.69 Å². The number of aromatic nitrogens is 1. The largest absolute Gasteiger partial charge is 0.495 e. The first-order valence-corrected chi connectivity index (χ1v) is 9.03. The summed E-state index contributed by atoms with van der Waals surface area (Å²) in [6.07, 6.45) is 1.95. The van der Waals surface area contributed by atoms with Crippen LogP contribution in [0.15, 0.2) is 71.7 Å². The van der Waals surface area contributed by atoms with Gasteiger partial charge >= 0.3 is 0 Å². The van der Waals surface area contributed by atoms with Crippen molar-refractivity contribution >= 4 is 22.8 Å². The number of fused-ring (bicyclic) bond motifs is 1. The first-order chi connectivity index (χ1) is 13.2. The second-order valence-corrected chi connectivity index (χ2v) is 6.69. The second kappa shape index (κ2) is 7.12. The van der Waals surface area contributed by atoms with Gasteiger partial charge in [0.25, 0.3) is 0 Å². The Bertz CT molecular complexity index is 1120. The van der Waals surface area contributed by atoms with Gasteiger partial charge in [0.2, 0.25) is 0 Å². The van der Waals surface area contributed by atoms with Gasteiger partial charge in [0, 0.05) is 17.2 Å². The fourth-order valence-corrected chi connectivity index (χ4v) is 3.29. The van der Waals surface area contributed by atoms with Gasteiger partial charge in [-0.05, 0) is 48.7 Å². The third-order valence-corrected chi connectivity index (χ3v) is 4.95. The maximum Gasteiger partial charge on any atom is 0.142 e. The van der Waals surface area contributed by atoms with Crippen LogP contribution in [0.5, 0.6) is 5.75 Å². The molecule has 0 aliphatic rings. The maximum absolute atomic E-state index is 5.55. The number of hydrogen-bond acceptors (Lipinski definition) is 2. The number of aryl methyl sites for hydroxylation is 2. The summed E-state index contributed by atoms with van der Waals surface area (Å²) in [5.41, 5.74) is 7.69. The zero-order valence-corrected chi connectivity index (χ0v) is 15.8. The molecule has 4 rings (SSSR count). The number of nitrogens with zero attached hydrogens (tertiary/aromatic N) is 1. The number of aliphatic imine (C=N–C) groups is 1. The topological polar surface area (TPSA) is 37.4 Å². The van der Waals surface area contributed by atoms with Crippen LogP contribution in [0.2, 0.25) is 0 Å². The quantitative estimate of drug-likeness (QED) is 0.435. The van der Waals surface area contributed by atoms with Crippen molar-refractivity contribution in [3.63, 3.8) is 0 Å². The molecule has 0 bridgehead atoms. The molecule has 1 N–H and O–H groups in total. The van der Waals surface area contributed by atoms with Crippen LogP contribution in [0.3, 0.4) is 0 Å². The van der Waals surface area contributed by atoms with E-state index in [1.54, 1.807) is 7.11 Å². The van der Waals surface area contributed by atoms with Gasteiger partial charge in [-0.25, -0.2) is 0 Å². The molecule has 1 aromatic heterocycles. The molecule has 0 fully saturated rings. The Labute approximate surface area is 159 Å². The van der Waals surface area contributed by atoms with Crippen molar-refractivity contribution in [2.45, 2.75) is 13.8 Å². The van der Waals surface area contributed by atoms with E-state index in [9.17, 15) is 0 Å². The molecule has 3 heteroatoms. The Morgan fingerprint density at radius 1 is 0.889 bits per heavy atom. The highest BCUT2D eigenvalue weighted by molar-refractivity contribution is 6.08. The van der Waals surface area contributed by atoms with Crippen molar-refractivity contribution in [3.05, 3.63) is 83.4 Å². The number of ether oxygens (including phenoxy) is 1. The Morgan fingerprint density at radius 3 is 2.44 bits per heavy atom. The van der Waals surface area contributed by atoms with Crippen LogP contribution in [-0.4, -0.2) is 18.3 Å². The van der Waals surface area contributed by atoms with Crippen molar-refractivity contribution in [2.75, 3.05) is 7.11 Å². The Hall–Kier alpha value is -3.33. The summed E-state index contributed by atoms with van der Waals surface area (Å²) in [6, 6.07) is 22.7. The van der Waals surface area contributed by atoms with Gasteiger partial charge in [-0.3, -0.25) is 4.99 Å². The molecule has 27 heavy (non-hydrogen) atoms. The van der Waals surface area contributed by atoms with E-state index in [4.69, 9.17) is 9.73 Å². The van der Waals surface area contributed by atoms with E-state index in [2.05, 4.69) is 55.2 Å². The molecule has 0 aliphatic carbocycles. The fraction of sp³-hybridized carbons (Fsp3) is 0.125. The van der Waals surface area contributed by atoms with E-state index in [-0.39, 0.29) is 0 Å². The molecule has 3 nitrogen and oxygen atoms in total.